The molecule has 0 radical (unpaired) electrons. The quantitative estimate of drug-likeness (QED) is 0.0245. The summed E-state index contributed by atoms with van der Waals surface area (Å²) in [4.78, 5) is 146. The summed E-state index contributed by atoms with van der Waals surface area (Å²) < 4.78 is 0. The van der Waals surface area contributed by atoms with Crippen LogP contribution in [0.3, 0.4) is 0 Å². The molecule has 2 unspecified atom stereocenters. The van der Waals surface area contributed by atoms with Gasteiger partial charge in [-0.3, -0.25) is 58.1 Å². The van der Waals surface area contributed by atoms with E-state index in [0.29, 0.717) is 44.9 Å². The van der Waals surface area contributed by atoms with Gasteiger partial charge in [0.2, 0.25) is 53.2 Å². The van der Waals surface area contributed by atoms with Crippen LogP contribution < -0.4 is 59.3 Å². The maximum absolute atomic E-state index is 14.6. The molecule has 1 heterocycles. The van der Waals surface area contributed by atoms with Crippen LogP contribution in [0.5, 0.6) is 0 Å². The molecular weight excluding hydrogens is 977 g/mol. The van der Waals surface area contributed by atoms with Gasteiger partial charge in [0.15, 0.2) is 0 Å². The van der Waals surface area contributed by atoms with Crippen LogP contribution in [-0.4, -0.2) is 142 Å². The van der Waals surface area contributed by atoms with Crippen molar-refractivity contribution < 1.29 is 63.0 Å². The van der Waals surface area contributed by atoms with Crippen LogP contribution in [0.2, 0.25) is 0 Å². The Balaban J connectivity index is 3.72. The second-order valence-corrected chi connectivity index (χ2v) is 20.9. The van der Waals surface area contributed by atoms with Gasteiger partial charge in [-0.25, -0.2) is 0 Å². The summed E-state index contributed by atoms with van der Waals surface area (Å²) in [5.74, 6) is -11.1. The number of nitrogens with two attached hydrogens (primary N) is 2. The van der Waals surface area contributed by atoms with E-state index in [0.717, 1.165) is 0 Å². The fourth-order valence-electron chi connectivity index (χ4n) is 8.09. The fraction of sp³-hybridized carbons (Fsp3) is 0.720. The molecule has 0 bridgehead atoms. The number of carbonyl (C=O) groups is 11. The predicted molar refractivity (Wildman–Crippen MR) is 278 cm³/mol. The van der Waals surface area contributed by atoms with E-state index in [1.165, 1.54) is 6.92 Å². The molecule has 1 aliphatic rings. The van der Waals surface area contributed by atoms with Crippen LogP contribution >= 0.6 is 0 Å². The Hall–Kier alpha value is -6.66. The maximum Gasteiger partial charge on any atom is 0.305 e. The van der Waals surface area contributed by atoms with Gasteiger partial charge < -0.3 is 69.5 Å². The molecule has 0 aromatic carbocycles. The van der Waals surface area contributed by atoms with E-state index < -0.39 is 144 Å². The topological polar surface area (TPSA) is 412 Å². The highest BCUT2D eigenvalue weighted by atomic mass is 16.4. The Morgan fingerprint density at radius 3 is 1.79 bits per heavy atom. The van der Waals surface area contributed by atoms with Crippen molar-refractivity contribution in [3.05, 3.63) is 12.2 Å². The number of nitrogens with one attached hydrogen (secondary N) is 10. The maximum atomic E-state index is 14.6. The number of carbonyl (C=O) groups excluding carboxylic acids is 9. The highest BCUT2D eigenvalue weighted by Gasteiger charge is 2.41. The Kier molecular flexibility index (Phi) is 28.8. The summed E-state index contributed by atoms with van der Waals surface area (Å²) in [6.45, 7) is 12.8. The number of primary amides is 1. The molecule has 0 aliphatic carbocycles. The molecule has 0 spiro atoms. The summed E-state index contributed by atoms with van der Waals surface area (Å²) in [6, 6.07) is -8.05. The highest BCUT2D eigenvalue weighted by molar-refractivity contribution is 5.99. The normalized spacial score (nSPS) is 22.7. The summed E-state index contributed by atoms with van der Waals surface area (Å²) in [5, 5.41) is 50.2. The third-order valence-electron chi connectivity index (χ3n) is 12.7. The third-order valence-corrected chi connectivity index (χ3v) is 12.7. The molecule has 0 fully saturated rings. The summed E-state index contributed by atoms with van der Waals surface area (Å²) in [6.07, 6.45) is 5.68. The lowest BCUT2D eigenvalue weighted by molar-refractivity contribution is -0.140. The number of amidine groups is 1. The number of hydrogen-bond donors (Lipinski definition) is 14. The van der Waals surface area contributed by atoms with Gasteiger partial charge in [-0.1, -0.05) is 60.1 Å². The minimum atomic E-state index is -1.81. The van der Waals surface area contributed by atoms with Crippen LogP contribution in [-0.2, 0) is 52.7 Å². The van der Waals surface area contributed by atoms with Gasteiger partial charge in [-0.15, -0.1) is 0 Å². The molecule has 16 N–H and O–H groups in total. The molecule has 8 atom stereocenters. The van der Waals surface area contributed by atoms with Crippen molar-refractivity contribution in [2.24, 2.45) is 29.2 Å². The standard InChI is InChI=1S/C50H86N12O13/c1-28(2)24-34-44(71)58-35(25-29(3)4)45(72)62-50(8,23-17-13-11-10-12-16-22-49(7,54-9)47(74)59-31(42(69)57-34)18-14-15-19-36(51)52)48(75)60-32(20-21-38(64)65)43(70)61-40(30(5)6)46(73)55-27-37(63)56-33(41(53)68)26-39(66)67/h10-11,28-35,40,54H,12-27H2,1-9H3,(H3,51,52)(H2,53,68)(H,55,73)(H,56,63)(H,57,69)(H,58,71)(H,59,74)(H,60,75)(H,61,70)(H,62,72)(H,64,65)(H,66,67)/t31-,32-,33?,34-,35-,40?,49+,50+/m0/s1. The molecule has 424 valence electrons. The van der Waals surface area contributed by atoms with Gasteiger partial charge >= 0.3 is 11.9 Å². The molecule has 0 aromatic heterocycles. The minimum absolute atomic E-state index is 0.0196. The van der Waals surface area contributed by atoms with Crippen molar-refractivity contribution in [2.75, 3.05) is 13.6 Å². The number of carboxylic acids is 2. The van der Waals surface area contributed by atoms with Gasteiger partial charge in [0, 0.05) is 12.8 Å². The van der Waals surface area contributed by atoms with Crippen LogP contribution in [0.4, 0.5) is 0 Å². The van der Waals surface area contributed by atoms with E-state index >= 15 is 0 Å². The zero-order chi connectivity index (χ0) is 57.2. The second kappa shape index (κ2) is 32.6. The lowest BCUT2D eigenvalue weighted by atomic mass is 9.91. The zero-order valence-corrected chi connectivity index (χ0v) is 45.2. The summed E-state index contributed by atoms with van der Waals surface area (Å²) >= 11 is 0. The lowest BCUT2D eigenvalue weighted by Gasteiger charge is -2.34. The van der Waals surface area contributed by atoms with Gasteiger partial charge in [-0.05, 0) is 109 Å². The van der Waals surface area contributed by atoms with Gasteiger partial charge in [-0.2, -0.15) is 0 Å². The molecule has 1 rings (SSSR count). The minimum Gasteiger partial charge on any atom is -0.481 e. The largest absolute Gasteiger partial charge is 0.481 e. The number of carboxylic acid groups (broad SMARTS) is 2. The van der Waals surface area contributed by atoms with E-state index in [-0.39, 0.29) is 49.8 Å². The number of unbranched alkanes of at least 4 members (excludes halogenated alkanes) is 1. The second-order valence-electron chi connectivity index (χ2n) is 20.9. The first-order chi connectivity index (χ1) is 34.9. The van der Waals surface area contributed by atoms with E-state index in [2.05, 4.69) is 47.9 Å². The Bertz CT molecular complexity index is 2050. The Morgan fingerprint density at radius 2 is 1.28 bits per heavy atom. The van der Waals surface area contributed by atoms with Crippen LogP contribution in [0.15, 0.2) is 12.2 Å². The van der Waals surface area contributed by atoms with Crippen LogP contribution in [0, 0.1) is 23.2 Å². The number of hydrogen-bond acceptors (Lipinski definition) is 13. The smallest absolute Gasteiger partial charge is 0.305 e. The lowest BCUT2D eigenvalue weighted by Crippen LogP contribution is -2.64. The van der Waals surface area contributed by atoms with Gasteiger partial charge in [0.25, 0.3) is 0 Å². The predicted octanol–water partition coefficient (Wildman–Crippen LogP) is -0.156. The zero-order valence-electron chi connectivity index (χ0n) is 45.2. The molecule has 1 aliphatic heterocycles. The average Bonchev–Trinajstić information content (AvgIpc) is 3.30. The number of aliphatic carboxylic acids is 2. The van der Waals surface area contributed by atoms with Crippen LogP contribution in [0.25, 0.3) is 0 Å². The monoisotopic (exact) mass is 1060 g/mol. The van der Waals surface area contributed by atoms with E-state index in [4.69, 9.17) is 22.0 Å². The van der Waals surface area contributed by atoms with Crippen molar-refractivity contribution >= 4 is 70.9 Å². The molecule has 0 aromatic rings. The molecule has 25 heteroatoms. The Labute approximate surface area is 440 Å². The van der Waals surface area contributed by atoms with Crippen molar-refractivity contribution in [1.29, 1.82) is 5.41 Å². The third kappa shape index (κ3) is 25.0. The van der Waals surface area contributed by atoms with Gasteiger partial charge in [0.05, 0.1) is 24.3 Å². The molecule has 75 heavy (non-hydrogen) atoms. The first kappa shape index (κ1) is 66.4. The van der Waals surface area contributed by atoms with Crippen molar-refractivity contribution in [3.63, 3.8) is 0 Å². The summed E-state index contributed by atoms with van der Waals surface area (Å²) in [5.41, 5.74) is 7.85. The molecular formula is C50H86N12O13. The highest BCUT2D eigenvalue weighted by Crippen LogP contribution is 2.20. The average molecular weight is 1060 g/mol. The number of likely N-dealkylation sites (N-methyl/N-ethyl adjacent to an activating group) is 1. The number of allylic oxidation sites excluding steroid dienone is 2. The van der Waals surface area contributed by atoms with Crippen molar-refractivity contribution in [3.8, 4) is 0 Å². The molecule has 9 amide bonds. The SMILES string of the molecule is CN[C@]1(C)CCCC=CCCC[C@](C)(C(=O)N[C@@H](CCC(=O)O)C(=O)NC(C(=O)NCC(=O)NC(CC(=O)O)C(N)=O)C(C)C)NC(=O)[C@H](CC(C)C)NC(=O)[C@H](CC(C)C)NC(=O)[C@H](CCCCC(=N)N)NC1=O. The fourth-order valence-corrected chi connectivity index (χ4v) is 8.09. The molecule has 0 saturated carbocycles. The first-order valence-corrected chi connectivity index (χ1v) is 25.8. The van der Waals surface area contributed by atoms with E-state index in [9.17, 15) is 57.8 Å². The molecule has 0 saturated heterocycles. The Morgan fingerprint density at radius 1 is 0.720 bits per heavy atom. The van der Waals surface area contributed by atoms with Gasteiger partial charge in [0.1, 0.15) is 41.8 Å². The van der Waals surface area contributed by atoms with Crippen molar-refractivity contribution in [2.45, 2.75) is 199 Å². The molecule has 25 nitrogen and oxygen atoms in total. The number of amides is 9. The van der Waals surface area contributed by atoms with E-state index in [1.807, 2.05) is 39.8 Å². The number of rotatable bonds is 25. The summed E-state index contributed by atoms with van der Waals surface area (Å²) in [7, 11) is 1.64. The van der Waals surface area contributed by atoms with Crippen LogP contribution in [0.1, 0.15) is 152 Å². The van der Waals surface area contributed by atoms with E-state index in [1.54, 1.807) is 27.8 Å². The van der Waals surface area contributed by atoms with Crippen molar-refractivity contribution in [1.82, 2.24) is 47.9 Å². The first-order valence-electron chi connectivity index (χ1n) is 25.8.